The van der Waals surface area contributed by atoms with Gasteiger partial charge >= 0.3 is 0 Å². The minimum absolute atomic E-state index is 0. The SMILES string of the molecule is [C-]#[N+]c1[c-]cccc1.[W]. The fourth-order valence-electron chi connectivity index (χ4n) is 0.453. The minimum atomic E-state index is 0. The van der Waals surface area contributed by atoms with Gasteiger partial charge in [0.15, 0.2) is 0 Å². The summed E-state index contributed by atoms with van der Waals surface area (Å²) in [4.78, 5) is 3.16. The van der Waals surface area contributed by atoms with Crippen LogP contribution in [-0.4, -0.2) is 0 Å². The molecule has 0 saturated heterocycles. The molecule has 0 radical (unpaired) electrons. The molecule has 2 heteroatoms. The van der Waals surface area contributed by atoms with E-state index in [0.29, 0.717) is 5.69 Å². The van der Waals surface area contributed by atoms with Gasteiger partial charge in [0.05, 0.1) is 12.3 Å². The van der Waals surface area contributed by atoms with E-state index in [2.05, 4.69) is 10.9 Å². The molecule has 0 amide bonds. The Morgan fingerprint density at radius 1 is 1.44 bits per heavy atom. The molecule has 1 rings (SSSR count). The Balaban J connectivity index is 0.000000640. The average Bonchev–Trinajstić information content (AvgIpc) is 1.90. The normalized spacial score (nSPS) is 7.00. The fourth-order valence-corrected chi connectivity index (χ4v) is 0.453. The summed E-state index contributed by atoms with van der Waals surface area (Å²) < 4.78 is 0. The maximum atomic E-state index is 6.54. The minimum Gasteiger partial charge on any atom is -0.265 e. The first-order chi connectivity index (χ1) is 3.93. The van der Waals surface area contributed by atoms with Crippen LogP contribution in [0.4, 0.5) is 5.69 Å². The topological polar surface area (TPSA) is 4.36 Å². The molecule has 0 aromatic heterocycles. The number of hydrogen-bond donors (Lipinski definition) is 0. The second-order valence-corrected chi connectivity index (χ2v) is 1.36. The van der Waals surface area contributed by atoms with Gasteiger partial charge in [0.1, 0.15) is 0 Å². The first-order valence-corrected chi connectivity index (χ1v) is 2.27. The van der Waals surface area contributed by atoms with Crippen LogP contribution in [0.1, 0.15) is 0 Å². The predicted molar refractivity (Wildman–Crippen MR) is 31.5 cm³/mol. The third-order valence-electron chi connectivity index (χ3n) is 0.813. The molecule has 1 nitrogen and oxygen atoms in total. The summed E-state index contributed by atoms with van der Waals surface area (Å²) in [6, 6.07) is 9.89. The maximum Gasteiger partial charge on any atom is 0.0899 e. The van der Waals surface area contributed by atoms with Crippen molar-refractivity contribution in [3.05, 3.63) is 41.7 Å². The fraction of sp³-hybridized carbons (Fsp3) is 0. The van der Waals surface area contributed by atoms with Crippen molar-refractivity contribution in [3.63, 3.8) is 0 Å². The summed E-state index contributed by atoms with van der Waals surface area (Å²) >= 11 is 0. The van der Waals surface area contributed by atoms with E-state index in [1.165, 1.54) is 0 Å². The van der Waals surface area contributed by atoms with E-state index < -0.39 is 0 Å². The van der Waals surface area contributed by atoms with Crippen LogP contribution < -0.4 is 0 Å². The molecule has 0 spiro atoms. The van der Waals surface area contributed by atoms with Gasteiger partial charge in [-0.15, -0.1) is 0 Å². The van der Waals surface area contributed by atoms with Gasteiger partial charge in [-0.05, 0) is 0 Å². The molecule has 0 aliphatic carbocycles. The van der Waals surface area contributed by atoms with E-state index in [1.807, 2.05) is 12.1 Å². The smallest absolute Gasteiger partial charge is 0.0899 e. The molecule has 0 fully saturated rings. The predicted octanol–water partition coefficient (Wildman–Crippen LogP) is 2.04. The van der Waals surface area contributed by atoms with E-state index >= 15 is 0 Å². The molecule has 0 saturated carbocycles. The van der Waals surface area contributed by atoms with Crippen LogP contribution in [0.5, 0.6) is 0 Å². The Kier molecular flexibility index (Phi) is 4.01. The number of rotatable bonds is 0. The monoisotopic (exact) mass is 286 g/mol. The molecule has 0 aliphatic rings. The van der Waals surface area contributed by atoms with Crippen molar-refractivity contribution in [1.82, 2.24) is 0 Å². The first kappa shape index (κ1) is 8.40. The molecular formula is C7H4NW-. The Labute approximate surface area is 68.8 Å². The summed E-state index contributed by atoms with van der Waals surface area (Å²) in [6.07, 6.45) is 0. The van der Waals surface area contributed by atoms with Crippen molar-refractivity contribution in [2.75, 3.05) is 0 Å². The van der Waals surface area contributed by atoms with Crippen LogP contribution in [0.25, 0.3) is 4.85 Å². The second kappa shape index (κ2) is 4.29. The zero-order valence-electron chi connectivity index (χ0n) is 4.66. The van der Waals surface area contributed by atoms with Gasteiger partial charge in [0.25, 0.3) is 0 Å². The maximum absolute atomic E-state index is 6.54. The van der Waals surface area contributed by atoms with E-state index in [-0.39, 0.29) is 21.1 Å². The van der Waals surface area contributed by atoms with Gasteiger partial charge in [0.2, 0.25) is 0 Å². The van der Waals surface area contributed by atoms with Crippen molar-refractivity contribution in [1.29, 1.82) is 0 Å². The molecule has 0 bridgehead atoms. The third-order valence-corrected chi connectivity index (χ3v) is 0.813. The Bertz CT molecular complexity index is 200. The van der Waals surface area contributed by atoms with Crippen molar-refractivity contribution >= 4 is 5.69 Å². The summed E-state index contributed by atoms with van der Waals surface area (Å²) in [6.45, 7) is 6.54. The Hall–Kier alpha value is -0.602. The Morgan fingerprint density at radius 2 is 2.22 bits per heavy atom. The Morgan fingerprint density at radius 3 is 2.56 bits per heavy atom. The van der Waals surface area contributed by atoms with Gasteiger partial charge < -0.3 is 0 Å². The van der Waals surface area contributed by atoms with E-state index in [9.17, 15) is 0 Å². The summed E-state index contributed by atoms with van der Waals surface area (Å²) in [7, 11) is 0. The van der Waals surface area contributed by atoms with Crippen molar-refractivity contribution in [2.24, 2.45) is 0 Å². The second-order valence-electron chi connectivity index (χ2n) is 1.36. The van der Waals surface area contributed by atoms with E-state index in [0.717, 1.165) is 0 Å². The van der Waals surface area contributed by atoms with Gasteiger partial charge in [-0.25, -0.2) is 0 Å². The van der Waals surface area contributed by atoms with Gasteiger partial charge in [0, 0.05) is 21.1 Å². The molecular weight excluding hydrogens is 282 g/mol. The number of benzene rings is 1. The zero-order valence-corrected chi connectivity index (χ0v) is 7.60. The molecule has 0 heterocycles. The average molecular weight is 286 g/mol. The molecule has 0 aliphatic heterocycles. The van der Waals surface area contributed by atoms with Crippen LogP contribution in [0.15, 0.2) is 24.3 Å². The largest absolute Gasteiger partial charge is 0.265 e. The molecule has 9 heavy (non-hydrogen) atoms. The third kappa shape index (κ3) is 2.44. The quantitative estimate of drug-likeness (QED) is 0.643. The van der Waals surface area contributed by atoms with Crippen molar-refractivity contribution in [2.45, 2.75) is 0 Å². The molecule has 1 aromatic carbocycles. The van der Waals surface area contributed by atoms with E-state index in [1.54, 1.807) is 12.1 Å². The standard InChI is InChI=1S/C7H4N.W/c1-8-7-5-3-2-4-6-7;/h2-5H;/q-1;. The van der Waals surface area contributed by atoms with Crippen molar-refractivity contribution in [3.8, 4) is 0 Å². The van der Waals surface area contributed by atoms with Crippen LogP contribution in [-0.2, 0) is 21.1 Å². The number of hydrogen-bond acceptors (Lipinski definition) is 0. The van der Waals surface area contributed by atoms with E-state index in [4.69, 9.17) is 6.57 Å². The van der Waals surface area contributed by atoms with Crippen LogP contribution in [0, 0.1) is 12.6 Å². The van der Waals surface area contributed by atoms with Crippen LogP contribution >= 0.6 is 0 Å². The number of para-hydroxylation sites is 1. The van der Waals surface area contributed by atoms with Gasteiger partial charge in [-0.3, -0.25) is 4.85 Å². The van der Waals surface area contributed by atoms with Crippen LogP contribution in [0.3, 0.4) is 0 Å². The number of nitrogens with zero attached hydrogens (tertiary/aromatic N) is 1. The summed E-state index contributed by atoms with van der Waals surface area (Å²) in [5.41, 5.74) is 0.576. The molecule has 1 aromatic rings. The molecule has 0 unspecified atom stereocenters. The first-order valence-electron chi connectivity index (χ1n) is 2.27. The van der Waals surface area contributed by atoms with Gasteiger partial charge in [-0.1, -0.05) is 0 Å². The molecule has 44 valence electrons. The van der Waals surface area contributed by atoms with Crippen molar-refractivity contribution < 1.29 is 21.1 Å². The van der Waals surface area contributed by atoms with Crippen LogP contribution in [0.2, 0.25) is 0 Å². The zero-order chi connectivity index (χ0) is 5.82. The molecule has 0 atom stereocenters. The summed E-state index contributed by atoms with van der Waals surface area (Å²) in [5.74, 6) is 0. The summed E-state index contributed by atoms with van der Waals surface area (Å²) in [5, 5.41) is 0. The van der Waals surface area contributed by atoms with Gasteiger partial charge in [-0.2, -0.15) is 30.3 Å². The molecule has 0 N–H and O–H groups in total.